The molecule has 0 spiro atoms. The monoisotopic (exact) mass is 307 g/mol. The molecule has 1 N–H and O–H groups in total. The topological polar surface area (TPSA) is 30.5 Å². The van der Waals surface area contributed by atoms with Crippen molar-refractivity contribution < 1.29 is 18.3 Å². The number of alkyl halides is 2. The summed E-state index contributed by atoms with van der Waals surface area (Å²) in [6.45, 7) is 5.03. The van der Waals surface area contributed by atoms with Gasteiger partial charge in [0.15, 0.2) is 11.5 Å². The van der Waals surface area contributed by atoms with Gasteiger partial charge in [0.2, 0.25) is 0 Å². The van der Waals surface area contributed by atoms with Crippen molar-refractivity contribution in [2.24, 2.45) is 5.92 Å². The Labute approximate surface area is 123 Å². The first-order valence-electron chi connectivity index (χ1n) is 6.42. The van der Waals surface area contributed by atoms with Gasteiger partial charge in [0, 0.05) is 6.54 Å². The van der Waals surface area contributed by atoms with E-state index >= 15 is 0 Å². The Morgan fingerprint density at radius 2 is 2.00 bits per heavy atom. The molecule has 0 heterocycles. The number of hydrogen-bond donors (Lipinski definition) is 1. The number of nitrogens with one attached hydrogen (secondary N) is 1. The van der Waals surface area contributed by atoms with Crippen molar-refractivity contribution in [1.82, 2.24) is 5.32 Å². The molecule has 1 rings (SSSR count). The molecule has 0 bridgehead atoms. The molecule has 1 aromatic rings. The van der Waals surface area contributed by atoms with Crippen LogP contribution in [0.25, 0.3) is 0 Å². The first-order valence-corrected chi connectivity index (χ1v) is 6.80. The molecule has 0 saturated heterocycles. The van der Waals surface area contributed by atoms with Crippen LogP contribution in [0.2, 0.25) is 5.02 Å². The molecule has 0 aliphatic heterocycles. The molecule has 0 amide bonds. The Bertz CT molecular complexity index is 428. The van der Waals surface area contributed by atoms with Crippen LogP contribution in [-0.2, 0) is 6.54 Å². The van der Waals surface area contributed by atoms with Gasteiger partial charge in [-0.05, 0) is 30.2 Å². The van der Waals surface area contributed by atoms with Gasteiger partial charge in [-0.15, -0.1) is 0 Å². The van der Waals surface area contributed by atoms with E-state index in [1.807, 2.05) is 0 Å². The van der Waals surface area contributed by atoms with Crippen LogP contribution in [0.15, 0.2) is 12.1 Å². The first kappa shape index (κ1) is 17.0. The van der Waals surface area contributed by atoms with Gasteiger partial charge in [-0.3, -0.25) is 0 Å². The first-order chi connectivity index (χ1) is 9.43. The van der Waals surface area contributed by atoms with Crippen molar-refractivity contribution in [1.29, 1.82) is 0 Å². The highest BCUT2D eigenvalue weighted by Gasteiger charge is 2.14. The number of hydrogen-bond acceptors (Lipinski definition) is 3. The maximum atomic E-state index is 12.2. The lowest BCUT2D eigenvalue weighted by molar-refractivity contribution is 0.0805. The molecule has 1 aromatic carbocycles. The molecular formula is C14H20ClF2NO2. The zero-order valence-corrected chi connectivity index (χ0v) is 12.6. The highest BCUT2D eigenvalue weighted by atomic mass is 35.5. The Morgan fingerprint density at radius 1 is 1.30 bits per heavy atom. The second-order valence-corrected chi connectivity index (χ2v) is 5.24. The molecule has 114 valence electrons. The Kier molecular flexibility index (Phi) is 7.02. The van der Waals surface area contributed by atoms with Gasteiger partial charge in [0.25, 0.3) is 6.43 Å². The van der Waals surface area contributed by atoms with Gasteiger partial charge in [0.1, 0.15) is 6.61 Å². The predicted octanol–water partition coefficient (Wildman–Crippen LogP) is 3.74. The van der Waals surface area contributed by atoms with E-state index in [4.69, 9.17) is 21.1 Å². The molecule has 0 unspecified atom stereocenters. The summed E-state index contributed by atoms with van der Waals surface area (Å²) >= 11 is 6.06. The van der Waals surface area contributed by atoms with Crippen LogP contribution in [-0.4, -0.2) is 26.7 Å². The summed E-state index contributed by atoms with van der Waals surface area (Å²) < 4.78 is 34.5. The molecule has 20 heavy (non-hydrogen) atoms. The molecular weight excluding hydrogens is 288 g/mol. The molecule has 0 aromatic heterocycles. The summed E-state index contributed by atoms with van der Waals surface area (Å²) in [5.74, 6) is 1.06. The molecule has 0 aliphatic rings. The molecule has 0 atom stereocenters. The fourth-order valence-electron chi connectivity index (χ4n) is 1.67. The summed E-state index contributed by atoms with van der Waals surface area (Å²) in [7, 11) is 1.45. The quantitative estimate of drug-likeness (QED) is 0.793. The lowest BCUT2D eigenvalue weighted by Crippen LogP contribution is -2.19. The number of methoxy groups -OCH3 is 1. The second-order valence-electron chi connectivity index (χ2n) is 4.84. The third-order valence-corrected chi connectivity index (χ3v) is 2.81. The van der Waals surface area contributed by atoms with E-state index < -0.39 is 13.0 Å². The largest absolute Gasteiger partial charge is 0.493 e. The average molecular weight is 308 g/mol. The van der Waals surface area contributed by atoms with Crippen LogP contribution in [0, 0.1) is 5.92 Å². The van der Waals surface area contributed by atoms with Crippen LogP contribution in [0.5, 0.6) is 11.5 Å². The maximum absolute atomic E-state index is 12.2. The molecule has 0 fully saturated rings. The van der Waals surface area contributed by atoms with Crippen LogP contribution in [0.4, 0.5) is 8.78 Å². The lowest BCUT2D eigenvalue weighted by Gasteiger charge is -2.14. The van der Waals surface area contributed by atoms with Crippen molar-refractivity contribution in [3.63, 3.8) is 0 Å². The summed E-state index contributed by atoms with van der Waals surface area (Å²) in [5, 5.41) is 3.54. The Hall–Kier alpha value is -1.07. The Balaban J connectivity index is 2.78. The van der Waals surface area contributed by atoms with Gasteiger partial charge in [-0.25, -0.2) is 8.78 Å². The standard InChI is InChI=1S/C14H20ClF2NO2/c1-9(2)6-18-7-10-4-11(15)14(12(5-10)19-3)20-8-13(16)17/h4-5,9,13,18H,6-8H2,1-3H3. The molecule has 0 aliphatic carbocycles. The fourth-order valence-corrected chi connectivity index (χ4v) is 1.95. The zero-order valence-electron chi connectivity index (χ0n) is 11.9. The van der Waals surface area contributed by atoms with E-state index in [-0.39, 0.29) is 10.8 Å². The summed E-state index contributed by atoms with van der Waals surface area (Å²) in [4.78, 5) is 0. The van der Waals surface area contributed by atoms with Crippen LogP contribution in [0.3, 0.4) is 0 Å². The van der Waals surface area contributed by atoms with Crippen molar-refractivity contribution in [3.05, 3.63) is 22.7 Å². The maximum Gasteiger partial charge on any atom is 0.272 e. The minimum Gasteiger partial charge on any atom is -0.493 e. The molecule has 3 nitrogen and oxygen atoms in total. The van der Waals surface area contributed by atoms with Crippen molar-refractivity contribution >= 4 is 11.6 Å². The highest BCUT2D eigenvalue weighted by molar-refractivity contribution is 6.32. The van der Waals surface area contributed by atoms with Crippen molar-refractivity contribution in [2.45, 2.75) is 26.8 Å². The molecule has 0 saturated carbocycles. The van der Waals surface area contributed by atoms with Crippen molar-refractivity contribution in [3.8, 4) is 11.5 Å². The number of halogens is 3. The average Bonchev–Trinajstić information content (AvgIpc) is 2.36. The van der Waals surface area contributed by atoms with Gasteiger partial charge >= 0.3 is 0 Å². The van der Waals surface area contributed by atoms with Gasteiger partial charge in [-0.2, -0.15) is 0 Å². The van der Waals surface area contributed by atoms with E-state index in [9.17, 15) is 8.78 Å². The van der Waals surface area contributed by atoms with E-state index in [1.54, 1.807) is 12.1 Å². The van der Waals surface area contributed by atoms with E-state index in [0.29, 0.717) is 18.2 Å². The van der Waals surface area contributed by atoms with Crippen molar-refractivity contribution in [2.75, 3.05) is 20.3 Å². The van der Waals surface area contributed by atoms with Gasteiger partial charge < -0.3 is 14.8 Å². The third-order valence-electron chi connectivity index (χ3n) is 2.52. The predicted molar refractivity (Wildman–Crippen MR) is 76.0 cm³/mol. The van der Waals surface area contributed by atoms with Gasteiger partial charge in [-0.1, -0.05) is 25.4 Å². The van der Waals surface area contributed by atoms with E-state index in [1.165, 1.54) is 7.11 Å². The number of ether oxygens (including phenoxy) is 2. The zero-order chi connectivity index (χ0) is 15.1. The highest BCUT2D eigenvalue weighted by Crippen LogP contribution is 2.36. The van der Waals surface area contributed by atoms with E-state index in [2.05, 4.69) is 19.2 Å². The number of benzene rings is 1. The molecule has 6 heteroatoms. The number of rotatable bonds is 8. The smallest absolute Gasteiger partial charge is 0.272 e. The normalized spacial score (nSPS) is 11.2. The minimum atomic E-state index is -2.55. The third kappa shape index (κ3) is 5.51. The lowest BCUT2D eigenvalue weighted by atomic mass is 10.1. The summed E-state index contributed by atoms with van der Waals surface area (Å²) in [6.07, 6.45) is -2.55. The van der Waals surface area contributed by atoms with Crippen LogP contribution < -0.4 is 14.8 Å². The Morgan fingerprint density at radius 3 is 2.55 bits per heavy atom. The van der Waals surface area contributed by atoms with E-state index in [0.717, 1.165) is 12.1 Å². The molecule has 0 radical (unpaired) electrons. The van der Waals surface area contributed by atoms with Crippen LogP contribution in [0.1, 0.15) is 19.4 Å². The fraction of sp³-hybridized carbons (Fsp3) is 0.571. The second kappa shape index (κ2) is 8.27. The SMILES string of the molecule is COc1cc(CNCC(C)C)cc(Cl)c1OCC(F)F. The van der Waals surface area contributed by atoms with Gasteiger partial charge in [0.05, 0.1) is 12.1 Å². The minimum absolute atomic E-state index is 0.155. The van der Waals surface area contributed by atoms with Crippen LogP contribution >= 0.6 is 11.6 Å². The summed E-state index contributed by atoms with van der Waals surface area (Å²) in [5.41, 5.74) is 0.914. The summed E-state index contributed by atoms with van der Waals surface area (Å²) in [6, 6.07) is 3.43.